The van der Waals surface area contributed by atoms with Gasteiger partial charge in [0, 0.05) is 19.7 Å². The Hall–Kier alpha value is -2.33. The van der Waals surface area contributed by atoms with E-state index in [1.54, 1.807) is 4.90 Å². The van der Waals surface area contributed by atoms with Crippen molar-refractivity contribution in [2.45, 2.75) is 52.1 Å². The Morgan fingerprint density at radius 3 is 1.93 bits per heavy atom. The molecule has 28 heavy (non-hydrogen) atoms. The zero-order chi connectivity index (χ0) is 20.4. The molecule has 4 heteroatoms. The molecule has 0 saturated carbocycles. The van der Waals surface area contributed by atoms with E-state index in [4.69, 9.17) is 9.84 Å². The summed E-state index contributed by atoms with van der Waals surface area (Å²) in [6.07, 6.45) is 3.06. The molecule has 1 amide bonds. The molecule has 152 valence electrons. The zero-order valence-corrected chi connectivity index (χ0v) is 17.4. The maximum atomic E-state index is 12.4. The molecule has 2 aromatic rings. The topological polar surface area (TPSA) is 49.8 Å². The van der Waals surface area contributed by atoms with E-state index in [1.165, 1.54) is 16.7 Å². The molecule has 0 fully saturated rings. The van der Waals surface area contributed by atoms with Crippen molar-refractivity contribution < 1.29 is 14.6 Å². The Morgan fingerprint density at radius 1 is 0.857 bits per heavy atom. The molecule has 0 radical (unpaired) electrons. The van der Waals surface area contributed by atoms with Crippen LogP contribution in [0.4, 0.5) is 4.79 Å². The molecule has 0 heterocycles. The third kappa shape index (κ3) is 8.13. The lowest BCUT2D eigenvalue weighted by Gasteiger charge is -2.27. The first kappa shape index (κ1) is 22.0. The number of hydrogen-bond donors (Lipinski definition) is 1. The van der Waals surface area contributed by atoms with Gasteiger partial charge < -0.3 is 14.7 Å². The van der Waals surface area contributed by atoms with E-state index in [9.17, 15) is 4.79 Å². The second kappa shape index (κ2) is 10.9. The number of aliphatic hydroxyl groups is 1. The molecule has 0 aromatic heterocycles. The first-order valence-corrected chi connectivity index (χ1v) is 10.1. The van der Waals surface area contributed by atoms with Crippen LogP contribution in [0, 0.1) is 0 Å². The number of ether oxygens (including phenoxy) is 1. The Kier molecular flexibility index (Phi) is 8.52. The summed E-state index contributed by atoms with van der Waals surface area (Å²) in [6.45, 7) is 6.74. The van der Waals surface area contributed by atoms with E-state index in [0.29, 0.717) is 19.5 Å². The van der Waals surface area contributed by atoms with Crippen LogP contribution in [-0.2, 0) is 24.0 Å². The number of rotatable bonds is 9. The second-order valence-electron chi connectivity index (χ2n) is 8.10. The molecule has 2 aromatic carbocycles. The van der Waals surface area contributed by atoms with Crippen LogP contribution in [-0.4, -0.2) is 41.4 Å². The lowest BCUT2D eigenvalue weighted by atomic mass is 10.0. The van der Waals surface area contributed by atoms with Gasteiger partial charge >= 0.3 is 6.09 Å². The number of carbonyl (C=O) groups is 1. The van der Waals surface area contributed by atoms with Gasteiger partial charge in [0.05, 0.1) is 0 Å². The fourth-order valence-corrected chi connectivity index (χ4v) is 2.95. The highest BCUT2D eigenvalue weighted by molar-refractivity contribution is 5.68. The van der Waals surface area contributed by atoms with Gasteiger partial charge in [0.2, 0.25) is 0 Å². The van der Waals surface area contributed by atoms with E-state index < -0.39 is 5.60 Å². The van der Waals surface area contributed by atoms with Crippen LogP contribution in [0.2, 0.25) is 0 Å². The SMILES string of the molecule is CC(C)(C)OC(=O)N(CCCO)CCc1ccc(CCc2ccccc2)cc1. The van der Waals surface area contributed by atoms with Gasteiger partial charge in [-0.25, -0.2) is 4.79 Å². The van der Waals surface area contributed by atoms with Crippen LogP contribution in [0.3, 0.4) is 0 Å². The molecule has 0 spiro atoms. The Morgan fingerprint density at radius 2 is 1.39 bits per heavy atom. The second-order valence-corrected chi connectivity index (χ2v) is 8.10. The summed E-state index contributed by atoms with van der Waals surface area (Å²) in [5, 5.41) is 9.10. The average molecular weight is 384 g/mol. The van der Waals surface area contributed by atoms with Crippen molar-refractivity contribution >= 4 is 6.09 Å². The molecule has 0 atom stereocenters. The molecule has 2 rings (SSSR count). The van der Waals surface area contributed by atoms with Crippen LogP contribution in [0.5, 0.6) is 0 Å². The van der Waals surface area contributed by atoms with Gasteiger partial charge in [0.15, 0.2) is 0 Å². The highest BCUT2D eigenvalue weighted by Gasteiger charge is 2.21. The van der Waals surface area contributed by atoms with Crippen molar-refractivity contribution in [3.63, 3.8) is 0 Å². The zero-order valence-electron chi connectivity index (χ0n) is 17.4. The number of aryl methyl sites for hydroxylation is 2. The van der Waals surface area contributed by atoms with Crippen LogP contribution in [0.25, 0.3) is 0 Å². The normalized spacial score (nSPS) is 11.3. The number of carbonyl (C=O) groups excluding carboxylic acids is 1. The van der Waals surface area contributed by atoms with Gasteiger partial charge in [0.25, 0.3) is 0 Å². The van der Waals surface area contributed by atoms with Crippen molar-refractivity contribution in [3.05, 3.63) is 71.3 Å². The lowest BCUT2D eigenvalue weighted by Crippen LogP contribution is -2.38. The molecule has 0 aliphatic rings. The van der Waals surface area contributed by atoms with E-state index >= 15 is 0 Å². The van der Waals surface area contributed by atoms with Crippen LogP contribution >= 0.6 is 0 Å². The van der Waals surface area contributed by atoms with E-state index in [-0.39, 0.29) is 12.7 Å². The lowest BCUT2D eigenvalue weighted by molar-refractivity contribution is 0.0243. The molecule has 0 aliphatic carbocycles. The number of hydrogen-bond acceptors (Lipinski definition) is 3. The van der Waals surface area contributed by atoms with Gasteiger partial charge in [0.1, 0.15) is 5.60 Å². The van der Waals surface area contributed by atoms with Gasteiger partial charge in [-0.15, -0.1) is 0 Å². The molecule has 0 saturated heterocycles. The van der Waals surface area contributed by atoms with E-state index in [0.717, 1.165) is 19.3 Å². The molecule has 1 N–H and O–H groups in total. The molecular formula is C24H33NO3. The van der Waals surface area contributed by atoms with Gasteiger partial charge in [-0.2, -0.15) is 0 Å². The summed E-state index contributed by atoms with van der Waals surface area (Å²) in [7, 11) is 0. The van der Waals surface area contributed by atoms with Crippen molar-refractivity contribution in [1.82, 2.24) is 4.90 Å². The van der Waals surface area contributed by atoms with Crippen LogP contribution < -0.4 is 0 Å². The molecular weight excluding hydrogens is 350 g/mol. The highest BCUT2D eigenvalue weighted by Crippen LogP contribution is 2.13. The van der Waals surface area contributed by atoms with Crippen LogP contribution in [0.15, 0.2) is 54.6 Å². The summed E-state index contributed by atoms with van der Waals surface area (Å²) in [5.74, 6) is 0. The van der Waals surface area contributed by atoms with Crippen LogP contribution in [0.1, 0.15) is 43.9 Å². The summed E-state index contributed by atoms with van der Waals surface area (Å²) < 4.78 is 5.48. The quantitative estimate of drug-likeness (QED) is 0.687. The minimum absolute atomic E-state index is 0.0649. The van der Waals surface area contributed by atoms with Crippen molar-refractivity contribution in [2.24, 2.45) is 0 Å². The Bertz CT molecular complexity index is 705. The number of amides is 1. The monoisotopic (exact) mass is 383 g/mol. The fraction of sp³-hybridized carbons (Fsp3) is 0.458. The maximum Gasteiger partial charge on any atom is 0.410 e. The molecule has 0 unspecified atom stereocenters. The fourth-order valence-electron chi connectivity index (χ4n) is 2.95. The maximum absolute atomic E-state index is 12.4. The third-order valence-corrected chi connectivity index (χ3v) is 4.48. The van der Waals surface area contributed by atoms with Gasteiger partial charge in [-0.05, 0) is 63.1 Å². The Balaban J connectivity index is 1.87. The molecule has 4 nitrogen and oxygen atoms in total. The minimum atomic E-state index is -0.519. The smallest absolute Gasteiger partial charge is 0.410 e. The summed E-state index contributed by atoms with van der Waals surface area (Å²) in [5.41, 5.74) is 3.34. The number of benzene rings is 2. The summed E-state index contributed by atoms with van der Waals surface area (Å²) in [6, 6.07) is 19.1. The number of aliphatic hydroxyl groups excluding tert-OH is 1. The van der Waals surface area contributed by atoms with Gasteiger partial charge in [-0.1, -0.05) is 54.6 Å². The predicted octanol–water partition coefficient (Wildman–Crippen LogP) is 4.63. The average Bonchev–Trinajstić information content (AvgIpc) is 2.66. The Labute approximate surface area is 169 Å². The van der Waals surface area contributed by atoms with Crippen molar-refractivity contribution in [1.29, 1.82) is 0 Å². The highest BCUT2D eigenvalue weighted by atomic mass is 16.6. The third-order valence-electron chi connectivity index (χ3n) is 4.48. The first-order chi connectivity index (χ1) is 13.4. The van der Waals surface area contributed by atoms with E-state index in [1.807, 2.05) is 26.8 Å². The molecule has 0 aliphatic heterocycles. The first-order valence-electron chi connectivity index (χ1n) is 10.1. The number of nitrogens with zero attached hydrogens (tertiary/aromatic N) is 1. The molecule has 0 bridgehead atoms. The van der Waals surface area contributed by atoms with E-state index in [2.05, 4.69) is 48.5 Å². The summed E-state index contributed by atoms with van der Waals surface area (Å²) in [4.78, 5) is 14.1. The van der Waals surface area contributed by atoms with Gasteiger partial charge in [-0.3, -0.25) is 0 Å². The minimum Gasteiger partial charge on any atom is -0.444 e. The largest absolute Gasteiger partial charge is 0.444 e. The standard InChI is InChI=1S/C24H33NO3/c1-24(2,3)28-23(27)25(17-7-19-26)18-16-22-14-12-21(13-15-22)11-10-20-8-5-4-6-9-20/h4-6,8-9,12-15,26H,7,10-11,16-19H2,1-3H3. The predicted molar refractivity (Wildman–Crippen MR) is 114 cm³/mol. The summed E-state index contributed by atoms with van der Waals surface area (Å²) >= 11 is 0. The van der Waals surface area contributed by atoms with Crippen molar-refractivity contribution in [2.75, 3.05) is 19.7 Å². The van der Waals surface area contributed by atoms with Crippen molar-refractivity contribution in [3.8, 4) is 0 Å².